The van der Waals surface area contributed by atoms with Crippen molar-refractivity contribution in [3.05, 3.63) is 58.1 Å². The van der Waals surface area contributed by atoms with E-state index in [1.807, 2.05) is 0 Å². The molecule has 1 aromatic rings. The van der Waals surface area contributed by atoms with Gasteiger partial charge in [-0.15, -0.1) is 0 Å². The molecule has 1 rings (SSSR count). The molecule has 112 valence electrons. The second kappa shape index (κ2) is 7.35. The van der Waals surface area contributed by atoms with Gasteiger partial charge in [-0.3, -0.25) is 9.59 Å². The van der Waals surface area contributed by atoms with E-state index in [1.54, 1.807) is 24.3 Å². The fourth-order valence-corrected chi connectivity index (χ4v) is 1.81. The van der Waals surface area contributed by atoms with E-state index < -0.39 is 5.88 Å². The quantitative estimate of drug-likeness (QED) is 0.329. The number of likely N-dealkylation sites (N-methyl/N-ethyl adjacent to an activating group) is 1. The zero-order chi connectivity index (χ0) is 16.0. The summed E-state index contributed by atoms with van der Waals surface area (Å²) in [5.41, 5.74) is 11.5. The Morgan fingerprint density at radius 1 is 1.38 bits per heavy atom. The minimum Gasteiger partial charge on any atom is -0.495 e. The lowest BCUT2D eigenvalue weighted by Gasteiger charge is -2.19. The number of aldehydes is 1. The number of hydrogen-bond acceptors (Lipinski definition) is 5. The molecule has 0 saturated carbocycles. The summed E-state index contributed by atoms with van der Waals surface area (Å²) in [5.74, 6) is -0.847. The van der Waals surface area contributed by atoms with Crippen molar-refractivity contribution in [2.75, 3.05) is 13.6 Å². The Morgan fingerprint density at radius 2 is 2.00 bits per heavy atom. The van der Waals surface area contributed by atoms with Crippen LogP contribution >= 0.6 is 11.6 Å². The van der Waals surface area contributed by atoms with Gasteiger partial charge in [-0.25, -0.2) is 0 Å². The van der Waals surface area contributed by atoms with Crippen molar-refractivity contribution >= 4 is 23.8 Å². The average Bonchev–Trinajstić information content (AvgIpc) is 2.45. The first-order valence-corrected chi connectivity index (χ1v) is 6.34. The molecule has 0 aromatic heterocycles. The van der Waals surface area contributed by atoms with E-state index in [0.717, 1.165) is 6.08 Å². The monoisotopic (exact) mass is 309 g/mol. The molecule has 1 amide bonds. The van der Waals surface area contributed by atoms with Gasteiger partial charge in [-0.1, -0.05) is 29.8 Å². The van der Waals surface area contributed by atoms with E-state index in [1.165, 1.54) is 11.9 Å². The highest BCUT2D eigenvalue weighted by Gasteiger charge is 2.16. The Morgan fingerprint density at radius 3 is 2.52 bits per heavy atom. The predicted octanol–water partition coefficient (Wildman–Crippen LogP) is 1.34. The van der Waals surface area contributed by atoms with Crippen LogP contribution in [-0.4, -0.2) is 35.8 Å². The number of nitrogens with zero attached hydrogens (tertiary/aromatic N) is 1. The van der Waals surface area contributed by atoms with E-state index in [-0.39, 0.29) is 34.3 Å². The second-order valence-electron chi connectivity index (χ2n) is 4.31. The molecule has 21 heavy (non-hydrogen) atoms. The molecule has 5 N–H and O–H groups in total. The van der Waals surface area contributed by atoms with Crippen molar-refractivity contribution in [3.63, 3.8) is 0 Å². The van der Waals surface area contributed by atoms with Gasteiger partial charge in [0, 0.05) is 30.8 Å². The molecule has 0 unspecified atom stereocenters. The molecule has 0 bridgehead atoms. The number of hydrogen-bond donors (Lipinski definition) is 3. The van der Waals surface area contributed by atoms with Crippen LogP contribution in [0.15, 0.2) is 47.0 Å². The van der Waals surface area contributed by atoms with Crippen LogP contribution in [0, 0.1) is 0 Å². The molecule has 0 fully saturated rings. The highest BCUT2D eigenvalue weighted by atomic mass is 35.5. The summed E-state index contributed by atoms with van der Waals surface area (Å²) < 4.78 is 0. The highest BCUT2D eigenvalue weighted by Crippen LogP contribution is 2.13. The van der Waals surface area contributed by atoms with Crippen molar-refractivity contribution in [1.29, 1.82) is 0 Å². The molecular weight excluding hydrogens is 294 g/mol. The van der Waals surface area contributed by atoms with E-state index in [2.05, 4.69) is 0 Å². The minimum absolute atomic E-state index is 0.0304. The van der Waals surface area contributed by atoms with Crippen molar-refractivity contribution in [1.82, 2.24) is 4.90 Å². The number of aliphatic hydroxyl groups excluding tert-OH is 1. The van der Waals surface area contributed by atoms with Gasteiger partial charge >= 0.3 is 0 Å². The third-order valence-corrected chi connectivity index (χ3v) is 2.94. The fourth-order valence-electron chi connectivity index (χ4n) is 1.70. The van der Waals surface area contributed by atoms with Crippen LogP contribution in [0.2, 0.25) is 0 Å². The number of carbonyl (C=O) groups excluding carboxylic acids is 2. The molecule has 6 nitrogen and oxygen atoms in total. The van der Waals surface area contributed by atoms with E-state index >= 15 is 0 Å². The average molecular weight is 310 g/mol. The first kappa shape index (κ1) is 16.6. The lowest BCUT2D eigenvalue weighted by molar-refractivity contribution is 0.0804. The second-order valence-corrected chi connectivity index (χ2v) is 4.72. The van der Waals surface area contributed by atoms with Crippen molar-refractivity contribution < 1.29 is 14.7 Å². The van der Waals surface area contributed by atoms with Crippen LogP contribution in [0.1, 0.15) is 20.7 Å². The summed E-state index contributed by atoms with van der Waals surface area (Å²) in [6, 6.07) is 6.42. The van der Waals surface area contributed by atoms with Crippen LogP contribution in [0.4, 0.5) is 0 Å². The fraction of sp³-hybridized carbons (Fsp3) is 0.143. The summed E-state index contributed by atoms with van der Waals surface area (Å²) >= 11 is 5.69. The van der Waals surface area contributed by atoms with Crippen LogP contribution in [0.25, 0.3) is 0 Å². The lowest BCUT2D eigenvalue weighted by Crippen LogP contribution is -2.30. The molecule has 0 heterocycles. The summed E-state index contributed by atoms with van der Waals surface area (Å²) in [6.45, 7) is 0.0304. The standard InChI is InChI=1S/C14H16ClN3O3/c1-18(7-10(13(15)17)6-12(16)20)14(21)11-5-3-2-4-9(11)8-19/h2-6,8,20H,7,16-17H2,1H3/b12-6+,13-10+. The largest absolute Gasteiger partial charge is 0.495 e. The molecule has 0 radical (unpaired) electrons. The highest BCUT2D eigenvalue weighted by molar-refractivity contribution is 6.29. The van der Waals surface area contributed by atoms with Gasteiger partial charge in [0.15, 0.2) is 12.2 Å². The molecular formula is C14H16ClN3O3. The number of carbonyl (C=O) groups is 2. The Bertz CT molecular complexity index is 603. The first-order valence-electron chi connectivity index (χ1n) is 5.96. The van der Waals surface area contributed by atoms with Crippen LogP contribution < -0.4 is 11.5 Å². The van der Waals surface area contributed by atoms with Gasteiger partial charge in [0.25, 0.3) is 5.91 Å². The molecule has 0 atom stereocenters. The molecule has 7 heteroatoms. The third-order valence-electron chi connectivity index (χ3n) is 2.70. The van der Waals surface area contributed by atoms with Crippen molar-refractivity contribution in [2.45, 2.75) is 0 Å². The maximum Gasteiger partial charge on any atom is 0.254 e. The smallest absolute Gasteiger partial charge is 0.254 e. The van der Waals surface area contributed by atoms with E-state index in [9.17, 15) is 9.59 Å². The normalized spacial score (nSPS) is 12.6. The molecule has 0 aliphatic heterocycles. The van der Waals surface area contributed by atoms with Gasteiger partial charge in [-0.05, 0) is 6.07 Å². The maximum atomic E-state index is 12.3. The van der Waals surface area contributed by atoms with Crippen LogP contribution in [0.3, 0.4) is 0 Å². The topological polar surface area (TPSA) is 110 Å². The molecule has 1 aromatic carbocycles. The zero-order valence-electron chi connectivity index (χ0n) is 11.4. The number of aliphatic hydroxyl groups is 1. The summed E-state index contributed by atoms with van der Waals surface area (Å²) in [4.78, 5) is 24.6. The van der Waals surface area contributed by atoms with Gasteiger partial charge < -0.3 is 21.5 Å². The maximum absolute atomic E-state index is 12.3. The van der Waals surface area contributed by atoms with Gasteiger partial charge in [0.05, 0.1) is 5.56 Å². The number of benzene rings is 1. The minimum atomic E-state index is -0.470. The number of nitrogens with two attached hydrogens (primary N) is 2. The van der Waals surface area contributed by atoms with E-state index in [4.69, 9.17) is 28.2 Å². The lowest BCUT2D eigenvalue weighted by atomic mass is 10.1. The molecule has 0 saturated heterocycles. The zero-order valence-corrected chi connectivity index (χ0v) is 12.2. The van der Waals surface area contributed by atoms with E-state index in [0.29, 0.717) is 6.29 Å². The van der Waals surface area contributed by atoms with Gasteiger partial charge in [-0.2, -0.15) is 0 Å². The summed E-state index contributed by atoms with van der Waals surface area (Å²) in [5, 5.41) is 8.98. The van der Waals surface area contributed by atoms with Gasteiger partial charge in [0.2, 0.25) is 0 Å². The van der Waals surface area contributed by atoms with Gasteiger partial charge in [0.1, 0.15) is 5.16 Å². The summed E-state index contributed by atoms with van der Waals surface area (Å²) in [7, 11) is 1.52. The Hall–Kier alpha value is -2.47. The van der Waals surface area contributed by atoms with Crippen molar-refractivity contribution in [2.24, 2.45) is 11.5 Å². The Balaban J connectivity index is 3.01. The SMILES string of the molecule is CN(CC(/C=C(\N)O)=C(/N)Cl)C(=O)c1ccccc1C=O. The summed E-state index contributed by atoms with van der Waals surface area (Å²) in [6.07, 6.45) is 1.77. The predicted molar refractivity (Wildman–Crippen MR) is 80.8 cm³/mol. The van der Waals surface area contributed by atoms with Crippen LogP contribution in [-0.2, 0) is 0 Å². The molecule has 0 aliphatic carbocycles. The van der Waals surface area contributed by atoms with Crippen molar-refractivity contribution in [3.8, 4) is 0 Å². The molecule has 0 spiro atoms. The number of rotatable bonds is 5. The number of amides is 1. The Kier molecular flexibility index (Phi) is 5.80. The number of halogens is 1. The molecule has 0 aliphatic rings. The first-order chi connectivity index (χ1) is 9.86. The third kappa shape index (κ3) is 4.54. The van der Waals surface area contributed by atoms with Crippen LogP contribution in [0.5, 0.6) is 0 Å². The Labute approximate surface area is 127 Å².